The number of benzene rings is 1. The summed E-state index contributed by atoms with van der Waals surface area (Å²) in [4.78, 5) is 13.6. The molecule has 0 saturated heterocycles. The average Bonchev–Trinajstić information content (AvgIpc) is 2.60. The Balaban J connectivity index is 2.16. The molecule has 0 saturated carbocycles. The first-order valence-electron chi connectivity index (χ1n) is 5.48. The molecule has 0 fully saturated rings. The Labute approximate surface area is 95.4 Å². The minimum atomic E-state index is -0.476. The average molecular weight is 219 g/mol. The predicted octanol–water partition coefficient (Wildman–Crippen LogP) is 0.965. The first-order chi connectivity index (χ1) is 7.58. The summed E-state index contributed by atoms with van der Waals surface area (Å²) in [5.74, 6) is -0.147. The number of hydrogen-bond donors (Lipinski definition) is 2. The molecule has 1 aromatic carbocycles. The topological polar surface area (TPSA) is 58.4 Å². The van der Waals surface area contributed by atoms with E-state index in [0.717, 1.165) is 18.7 Å². The molecule has 1 heterocycles. The molecule has 0 aromatic heterocycles. The molecule has 0 radical (unpaired) electrons. The monoisotopic (exact) mass is 219 g/mol. The molecule has 0 unspecified atom stereocenters. The Kier molecular flexibility index (Phi) is 2.83. The van der Waals surface area contributed by atoms with Crippen LogP contribution in [-0.2, 0) is 11.2 Å². The van der Waals surface area contributed by atoms with Gasteiger partial charge >= 0.3 is 0 Å². The van der Waals surface area contributed by atoms with Gasteiger partial charge in [0.2, 0.25) is 5.91 Å². The minimum absolute atomic E-state index is 0.147. The summed E-state index contributed by atoms with van der Waals surface area (Å²) >= 11 is 0. The van der Waals surface area contributed by atoms with E-state index in [0.29, 0.717) is 0 Å². The van der Waals surface area contributed by atoms with Gasteiger partial charge in [0, 0.05) is 25.0 Å². The summed E-state index contributed by atoms with van der Waals surface area (Å²) in [6.45, 7) is 2.72. The molecule has 3 N–H and O–H groups in total. The molecular weight excluding hydrogens is 202 g/mol. The van der Waals surface area contributed by atoms with E-state index < -0.39 is 6.04 Å². The fourth-order valence-corrected chi connectivity index (χ4v) is 1.90. The van der Waals surface area contributed by atoms with Crippen LogP contribution in [0.15, 0.2) is 18.2 Å². The van der Waals surface area contributed by atoms with E-state index in [1.54, 1.807) is 6.92 Å². The van der Waals surface area contributed by atoms with Gasteiger partial charge in [-0.15, -0.1) is 0 Å². The van der Waals surface area contributed by atoms with Gasteiger partial charge in [-0.05, 0) is 37.1 Å². The van der Waals surface area contributed by atoms with E-state index in [1.807, 2.05) is 18.2 Å². The van der Waals surface area contributed by atoms with Gasteiger partial charge in [0.05, 0.1) is 6.04 Å². The van der Waals surface area contributed by atoms with Crippen LogP contribution >= 0.6 is 0 Å². The van der Waals surface area contributed by atoms with Crippen molar-refractivity contribution in [2.75, 3.05) is 23.8 Å². The number of fused-ring (bicyclic) bond motifs is 1. The second-order valence-corrected chi connectivity index (χ2v) is 4.29. The SMILES string of the molecule is C[C@H](N)C(=O)Nc1ccc2c(c1)CCN2C. The number of likely N-dealkylation sites (N-methyl/N-ethyl adjacent to an activating group) is 1. The fraction of sp³-hybridized carbons (Fsp3) is 0.417. The number of amides is 1. The van der Waals surface area contributed by atoms with E-state index >= 15 is 0 Å². The van der Waals surface area contributed by atoms with Crippen molar-refractivity contribution < 1.29 is 4.79 Å². The highest BCUT2D eigenvalue weighted by Crippen LogP contribution is 2.28. The molecule has 1 amide bonds. The van der Waals surface area contributed by atoms with Crippen LogP contribution in [0.1, 0.15) is 12.5 Å². The summed E-state index contributed by atoms with van der Waals surface area (Å²) in [5.41, 5.74) is 8.86. The zero-order valence-corrected chi connectivity index (χ0v) is 9.66. The predicted molar refractivity (Wildman–Crippen MR) is 65.7 cm³/mol. The maximum absolute atomic E-state index is 11.4. The lowest BCUT2D eigenvalue weighted by atomic mass is 10.1. The largest absolute Gasteiger partial charge is 0.374 e. The van der Waals surface area contributed by atoms with E-state index in [2.05, 4.69) is 17.3 Å². The summed E-state index contributed by atoms with van der Waals surface area (Å²) in [7, 11) is 2.08. The molecule has 1 aliphatic rings. The van der Waals surface area contributed by atoms with Crippen molar-refractivity contribution in [1.82, 2.24) is 0 Å². The van der Waals surface area contributed by atoms with E-state index in [4.69, 9.17) is 5.73 Å². The normalized spacial score (nSPS) is 15.8. The highest BCUT2D eigenvalue weighted by Gasteiger charge is 2.16. The number of nitrogens with two attached hydrogens (primary N) is 1. The third kappa shape index (κ3) is 2.02. The summed E-state index contributed by atoms with van der Waals surface area (Å²) in [6.07, 6.45) is 1.04. The number of anilines is 2. The molecule has 16 heavy (non-hydrogen) atoms. The molecule has 4 heteroatoms. The van der Waals surface area contributed by atoms with Crippen LogP contribution in [0.5, 0.6) is 0 Å². The fourth-order valence-electron chi connectivity index (χ4n) is 1.90. The Bertz CT molecular complexity index is 415. The lowest BCUT2D eigenvalue weighted by molar-refractivity contribution is -0.117. The van der Waals surface area contributed by atoms with Gasteiger partial charge in [-0.3, -0.25) is 4.79 Å². The van der Waals surface area contributed by atoms with Gasteiger partial charge in [0.15, 0.2) is 0 Å². The minimum Gasteiger partial charge on any atom is -0.374 e. The lowest BCUT2D eigenvalue weighted by Gasteiger charge is -2.13. The van der Waals surface area contributed by atoms with E-state index in [1.165, 1.54) is 11.3 Å². The summed E-state index contributed by atoms with van der Waals surface area (Å²) in [5, 5.41) is 2.80. The zero-order chi connectivity index (χ0) is 11.7. The molecule has 1 aliphatic heterocycles. The Morgan fingerprint density at radius 1 is 1.56 bits per heavy atom. The van der Waals surface area contributed by atoms with Gasteiger partial charge in [-0.2, -0.15) is 0 Å². The number of carbonyl (C=O) groups excluding carboxylic acids is 1. The number of rotatable bonds is 2. The van der Waals surface area contributed by atoms with Crippen molar-refractivity contribution >= 4 is 17.3 Å². The Morgan fingerprint density at radius 3 is 3.00 bits per heavy atom. The molecule has 0 spiro atoms. The first kappa shape index (κ1) is 11.0. The lowest BCUT2D eigenvalue weighted by Crippen LogP contribution is -2.32. The van der Waals surface area contributed by atoms with Crippen LogP contribution < -0.4 is 16.0 Å². The van der Waals surface area contributed by atoms with Gasteiger partial charge < -0.3 is 16.0 Å². The van der Waals surface area contributed by atoms with Gasteiger partial charge in [-0.1, -0.05) is 0 Å². The maximum atomic E-state index is 11.4. The van der Waals surface area contributed by atoms with Gasteiger partial charge in [0.1, 0.15) is 0 Å². The molecular formula is C12H17N3O. The van der Waals surface area contributed by atoms with Crippen LogP contribution in [-0.4, -0.2) is 25.5 Å². The van der Waals surface area contributed by atoms with E-state index in [-0.39, 0.29) is 5.91 Å². The molecule has 1 atom stereocenters. The van der Waals surface area contributed by atoms with Gasteiger partial charge in [-0.25, -0.2) is 0 Å². The van der Waals surface area contributed by atoms with Crippen LogP contribution in [0, 0.1) is 0 Å². The van der Waals surface area contributed by atoms with Crippen molar-refractivity contribution in [3.05, 3.63) is 23.8 Å². The van der Waals surface area contributed by atoms with Crippen LogP contribution in [0.4, 0.5) is 11.4 Å². The second-order valence-electron chi connectivity index (χ2n) is 4.29. The third-order valence-corrected chi connectivity index (χ3v) is 2.89. The Morgan fingerprint density at radius 2 is 2.31 bits per heavy atom. The quantitative estimate of drug-likeness (QED) is 0.779. The van der Waals surface area contributed by atoms with Crippen molar-refractivity contribution in [3.63, 3.8) is 0 Å². The molecule has 1 aromatic rings. The molecule has 0 bridgehead atoms. The smallest absolute Gasteiger partial charge is 0.240 e. The molecule has 2 rings (SSSR count). The van der Waals surface area contributed by atoms with Crippen molar-refractivity contribution in [1.29, 1.82) is 0 Å². The highest BCUT2D eigenvalue weighted by atomic mass is 16.2. The molecule has 86 valence electrons. The summed E-state index contributed by atoms with van der Waals surface area (Å²) < 4.78 is 0. The Hall–Kier alpha value is -1.55. The van der Waals surface area contributed by atoms with Crippen molar-refractivity contribution in [3.8, 4) is 0 Å². The summed E-state index contributed by atoms with van der Waals surface area (Å²) in [6, 6.07) is 5.51. The maximum Gasteiger partial charge on any atom is 0.240 e. The number of nitrogens with zero attached hydrogens (tertiary/aromatic N) is 1. The number of carbonyl (C=O) groups is 1. The van der Waals surface area contributed by atoms with Gasteiger partial charge in [0.25, 0.3) is 0 Å². The van der Waals surface area contributed by atoms with Crippen molar-refractivity contribution in [2.45, 2.75) is 19.4 Å². The zero-order valence-electron chi connectivity index (χ0n) is 9.66. The van der Waals surface area contributed by atoms with Crippen LogP contribution in [0.3, 0.4) is 0 Å². The highest BCUT2D eigenvalue weighted by molar-refractivity contribution is 5.94. The second kappa shape index (κ2) is 4.14. The van der Waals surface area contributed by atoms with Crippen LogP contribution in [0.2, 0.25) is 0 Å². The first-order valence-corrected chi connectivity index (χ1v) is 5.48. The number of hydrogen-bond acceptors (Lipinski definition) is 3. The van der Waals surface area contributed by atoms with Crippen molar-refractivity contribution in [2.24, 2.45) is 5.73 Å². The van der Waals surface area contributed by atoms with Crippen LogP contribution in [0.25, 0.3) is 0 Å². The van der Waals surface area contributed by atoms with E-state index in [9.17, 15) is 4.79 Å². The molecule has 4 nitrogen and oxygen atoms in total. The standard InChI is InChI=1S/C12H17N3O/c1-8(13)12(16)14-10-3-4-11-9(7-10)5-6-15(11)2/h3-4,7-8H,5-6,13H2,1-2H3,(H,14,16)/t8-/m0/s1. The molecule has 0 aliphatic carbocycles. The third-order valence-electron chi connectivity index (χ3n) is 2.89. The number of nitrogens with one attached hydrogen (secondary N) is 1.